The lowest BCUT2D eigenvalue weighted by molar-refractivity contribution is -0.00283. The molecule has 1 aliphatic carbocycles. The van der Waals surface area contributed by atoms with Crippen LogP contribution >= 0.6 is 0 Å². The fourth-order valence-corrected chi connectivity index (χ4v) is 6.06. The van der Waals surface area contributed by atoms with Crippen LogP contribution in [0, 0.1) is 5.92 Å². The lowest BCUT2D eigenvalue weighted by Crippen LogP contribution is -2.52. The van der Waals surface area contributed by atoms with Gasteiger partial charge in [0.05, 0.1) is 17.8 Å². The van der Waals surface area contributed by atoms with Gasteiger partial charge >= 0.3 is 6.09 Å². The predicted octanol–water partition coefficient (Wildman–Crippen LogP) is 5.13. The molecular weight excluding hydrogens is 462 g/mol. The van der Waals surface area contributed by atoms with E-state index in [0.717, 1.165) is 11.1 Å². The zero-order valence-corrected chi connectivity index (χ0v) is 20.5. The van der Waals surface area contributed by atoms with E-state index in [-0.39, 0.29) is 18.3 Å². The summed E-state index contributed by atoms with van der Waals surface area (Å²) in [5, 5.41) is 0. The third kappa shape index (κ3) is 6.99. The van der Waals surface area contributed by atoms with Crippen LogP contribution in [-0.2, 0) is 21.4 Å². The van der Waals surface area contributed by atoms with E-state index in [9.17, 15) is 22.0 Å². The van der Waals surface area contributed by atoms with Gasteiger partial charge in [-0.05, 0) is 24.0 Å². The molecule has 0 radical (unpaired) electrons. The number of sulfonamides is 1. The summed E-state index contributed by atoms with van der Waals surface area (Å²) in [6, 6.07) is 15.2. The Labute approximate surface area is 200 Å². The van der Waals surface area contributed by atoms with Crippen LogP contribution in [0.2, 0.25) is 0 Å². The van der Waals surface area contributed by atoms with Crippen molar-refractivity contribution in [1.29, 1.82) is 0 Å². The van der Waals surface area contributed by atoms with E-state index < -0.39 is 53.0 Å². The molecule has 34 heavy (non-hydrogen) atoms. The molecule has 3 atom stereocenters. The number of hydrogen-bond donors (Lipinski definition) is 1. The van der Waals surface area contributed by atoms with Gasteiger partial charge in [-0.3, -0.25) is 4.90 Å². The standard InChI is InChI=1S/C25H32F2N2O4S/c1-18(2)17-34(31,32)28-22-14-25(26,27)15-23(22)29(19(3)21-12-8-5-9-13-21)24(30)33-16-20-10-6-4-7-11-20/h4-13,18-19,22-23,28H,14-17H2,1-3H3/t19-,22?,23?/m1/s1. The molecule has 6 nitrogen and oxygen atoms in total. The number of carbonyl (C=O) groups is 1. The summed E-state index contributed by atoms with van der Waals surface area (Å²) in [6.45, 7) is 5.19. The SMILES string of the molecule is CC(C)CS(=O)(=O)NC1CC(F)(F)CC1N(C(=O)OCc1ccccc1)[C@H](C)c1ccccc1. The molecule has 1 amide bonds. The molecule has 0 saturated heterocycles. The first-order chi connectivity index (χ1) is 16.0. The van der Waals surface area contributed by atoms with Gasteiger partial charge in [0.1, 0.15) is 6.61 Å². The minimum absolute atomic E-state index is 0.0233. The van der Waals surface area contributed by atoms with E-state index in [1.807, 2.05) is 24.3 Å². The van der Waals surface area contributed by atoms with Crippen LogP contribution in [-0.4, -0.2) is 43.2 Å². The minimum atomic E-state index is -3.81. The molecule has 0 bridgehead atoms. The molecule has 2 aromatic carbocycles. The highest BCUT2D eigenvalue weighted by molar-refractivity contribution is 7.89. The number of hydrogen-bond acceptors (Lipinski definition) is 4. The Bertz CT molecular complexity index is 1050. The van der Waals surface area contributed by atoms with Gasteiger partial charge < -0.3 is 4.74 Å². The molecular formula is C25H32F2N2O4S. The van der Waals surface area contributed by atoms with Gasteiger partial charge in [0.25, 0.3) is 5.92 Å². The van der Waals surface area contributed by atoms with Crippen LogP contribution in [0.3, 0.4) is 0 Å². The molecule has 0 heterocycles. The van der Waals surface area contributed by atoms with Crippen molar-refractivity contribution >= 4 is 16.1 Å². The summed E-state index contributed by atoms with van der Waals surface area (Å²) in [7, 11) is -3.81. The number of nitrogens with zero attached hydrogens (tertiary/aromatic N) is 1. The van der Waals surface area contributed by atoms with Gasteiger partial charge in [0, 0.05) is 18.9 Å². The molecule has 3 rings (SSSR count). The summed E-state index contributed by atoms with van der Waals surface area (Å²) < 4.78 is 62.4. The quantitative estimate of drug-likeness (QED) is 0.525. The zero-order chi connectivity index (χ0) is 24.9. The van der Waals surface area contributed by atoms with Crippen molar-refractivity contribution in [3.05, 3.63) is 71.8 Å². The van der Waals surface area contributed by atoms with E-state index in [4.69, 9.17) is 4.74 Å². The summed E-state index contributed by atoms with van der Waals surface area (Å²) in [5.41, 5.74) is 1.49. The molecule has 1 saturated carbocycles. The highest BCUT2D eigenvalue weighted by Crippen LogP contribution is 2.41. The van der Waals surface area contributed by atoms with Crippen LogP contribution in [0.25, 0.3) is 0 Å². The van der Waals surface area contributed by atoms with Crippen LogP contribution in [0.5, 0.6) is 0 Å². The van der Waals surface area contributed by atoms with E-state index >= 15 is 0 Å². The first-order valence-electron chi connectivity index (χ1n) is 11.4. The predicted molar refractivity (Wildman–Crippen MR) is 127 cm³/mol. The molecule has 0 aromatic heterocycles. The van der Waals surface area contributed by atoms with Crippen LogP contribution < -0.4 is 4.72 Å². The maximum Gasteiger partial charge on any atom is 0.410 e. The van der Waals surface area contributed by atoms with Crippen LogP contribution in [0.1, 0.15) is 50.8 Å². The first-order valence-corrected chi connectivity index (χ1v) is 13.0. The minimum Gasteiger partial charge on any atom is -0.445 e. The number of carbonyl (C=O) groups excluding carboxylic acids is 1. The van der Waals surface area contributed by atoms with Gasteiger partial charge in [-0.1, -0.05) is 74.5 Å². The van der Waals surface area contributed by atoms with Crippen LogP contribution in [0.15, 0.2) is 60.7 Å². The summed E-state index contributed by atoms with van der Waals surface area (Å²) in [6.07, 6.45) is -2.10. The summed E-state index contributed by atoms with van der Waals surface area (Å²) in [5.74, 6) is -3.48. The number of amides is 1. The van der Waals surface area contributed by atoms with Crippen molar-refractivity contribution in [2.75, 3.05) is 5.75 Å². The second kappa shape index (κ2) is 10.8. The monoisotopic (exact) mass is 494 g/mol. The van der Waals surface area contributed by atoms with Gasteiger partial charge in [-0.25, -0.2) is 26.7 Å². The Hall–Kier alpha value is -2.52. The normalized spacial score (nSPS) is 20.8. The number of nitrogens with one attached hydrogen (secondary N) is 1. The van der Waals surface area contributed by atoms with Gasteiger partial charge in [0.15, 0.2) is 0 Å². The number of ether oxygens (including phenoxy) is 1. The lowest BCUT2D eigenvalue weighted by Gasteiger charge is -2.37. The third-order valence-electron chi connectivity index (χ3n) is 5.85. The van der Waals surface area contributed by atoms with Crippen molar-refractivity contribution in [2.24, 2.45) is 5.92 Å². The maximum absolute atomic E-state index is 14.6. The molecule has 1 fully saturated rings. The molecule has 9 heteroatoms. The Kier molecular flexibility index (Phi) is 8.30. The molecule has 1 N–H and O–H groups in total. The highest BCUT2D eigenvalue weighted by Gasteiger charge is 2.52. The van der Waals surface area contributed by atoms with Crippen molar-refractivity contribution in [3.8, 4) is 0 Å². The number of alkyl halides is 2. The maximum atomic E-state index is 14.6. The van der Waals surface area contributed by atoms with Gasteiger partial charge in [0.2, 0.25) is 10.0 Å². The summed E-state index contributed by atoms with van der Waals surface area (Å²) in [4.78, 5) is 14.6. The van der Waals surface area contributed by atoms with Crippen molar-refractivity contribution in [1.82, 2.24) is 9.62 Å². The third-order valence-corrected chi connectivity index (χ3v) is 7.61. The largest absolute Gasteiger partial charge is 0.445 e. The molecule has 0 spiro atoms. The average Bonchev–Trinajstić information content (AvgIpc) is 3.05. The van der Waals surface area contributed by atoms with E-state index in [1.165, 1.54) is 4.90 Å². The van der Waals surface area contributed by atoms with Crippen molar-refractivity contribution in [2.45, 2.75) is 64.3 Å². The Morgan fingerprint density at radius 3 is 2.24 bits per heavy atom. The number of halogens is 2. The van der Waals surface area contributed by atoms with Gasteiger partial charge in [-0.15, -0.1) is 0 Å². The first kappa shape index (κ1) is 26.1. The Morgan fingerprint density at radius 1 is 1.06 bits per heavy atom. The number of benzene rings is 2. The van der Waals surface area contributed by atoms with Crippen molar-refractivity contribution < 1.29 is 26.7 Å². The molecule has 1 aliphatic rings. The molecule has 2 unspecified atom stereocenters. The van der Waals surface area contributed by atoms with E-state index in [0.29, 0.717) is 0 Å². The highest BCUT2D eigenvalue weighted by atomic mass is 32.2. The Balaban J connectivity index is 1.91. The Morgan fingerprint density at radius 2 is 1.65 bits per heavy atom. The second-order valence-corrected chi connectivity index (χ2v) is 11.1. The molecule has 0 aliphatic heterocycles. The van der Waals surface area contributed by atoms with Crippen LogP contribution in [0.4, 0.5) is 13.6 Å². The zero-order valence-electron chi connectivity index (χ0n) is 19.7. The fourth-order valence-electron chi connectivity index (χ4n) is 4.39. The molecule has 2 aromatic rings. The average molecular weight is 495 g/mol. The smallest absolute Gasteiger partial charge is 0.410 e. The van der Waals surface area contributed by atoms with Crippen molar-refractivity contribution in [3.63, 3.8) is 0 Å². The van der Waals surface area contributed by atoms with E-state index in [1.54, 1.807) is 57.2 Å². The topological polar surface area (TPSA) is 75.7 Å². The van der Waals surface area contributed by atoms with E-state index in [2.05, 4.69) is 4.72 Å². The fraction of sp³-hybridized carbons (Fsp3) is 0.480. The number of rotatable bonds is 9. The summed E-state index contributed by atoms with van der Waals surface area (Å²) >= 11 is 0. The lowest BCUT2D eigenvalue weighted by atomic mass is 10.0. The van der Waals surface area contributed by atoms with Gasteiger partial charge in [-0.2, -0.15) is 0 Å². The second-order valence-electron chi connectivity index (χ2n) is 9.27. The molecule has 186 valence electrons.